The summed E-state index contributed by atoms with van der Waals surface area (Å²) >= 11 is 1.75. The van der Waals surface area contributed by atoms with Gasteiger partial charge in [0.25, 0.3) is 0 Å². The Bertz CT molecular complexity index is 262. The molecule has 1 aromatic heterocycles. The van der Waals surface area contributed by atoms with Crippen LogP contribution >= 0.6 is 11.3 Å². The highest BCUT2D eigenvalue weighted by atomic mass is 32.1. The molecule has 15 heavy (non-hydrogen) atoms. The van der Waals surface area contributed by atoms with Gasteiger partial charge in [-0.15, -0.1) is 11.3 Å². The Hall–Kier alpha value is -0.410. The van der Waals surface area contributed by atoms with Gasteiger partial charge < -0.3 is 5.32 Å². The van der Waals surface area contributed by atoms with Crippen molar-refractivity contribution in [1.29, 1.82) is 0 Å². The van der Waals surface area contributed by atoms with Crippen molar-refractivity contribution in [3.63, 3.8) is 0 Å². The van der Waals surface area contributed by atoms with Crippen LogP contribution in [0.25, 0.3) is 0 Å². The monoisotopic (exact) mass is 226 g/mol. The minimum Gasteiger partial charge on any atom is -0.314 e. The van der Waals surface area contributed by atoms with Crippen LogP contribution in [0.3, 0.4) is 0 Å². The fourth-order valence-electron chi connectivity index (χ4n) is 1.81. The Morgan fingerprint density at radius 3 is 2.67 bits per heavy atom. The molecule has 1 unspecified atom stereocenters. The number of hydrogen-bond acceptors (Lipinski definition) is 3. The summed E-state index contributed by atoms with van der Waals surface area (Å²) in [5, 5.41) is 6.84. The van der Waals surface area contributed by atoms with Crippen LogP contribution in [0.5, 0.6) is 0 Å². The molecule has 1 heterocycles. The zero-order chi connectivity index (χ0) is 11.3. The Morgan fingerprint density at radius 1 is 1.47 bits per heavy atom. The molecular formula is C12H22N2S. The number of thiazole rings is 1. The number of nitrogens with one attached hydrogen (secondary N) is 1. The van der Waals surface area contributed by atoms with E-state index in [4.69, 9.17) is 0 Å². The maximum atomic E-state index is 4.35. The Kier molecular flexibility index (Phi) is 4.74. The maximum Gasteiger partial charge on any atom is 0.0940 e. The summed E-state index contributed by atoms with van der Waals surface area (Å²) in [5.41, 5.74) is 0.379. The summed E-state index contributed by atoms with van der Waals surface area (Å²) in [6, 6.07) is 0.557. The van der Waals surface area contributed by atoms with Gasteiger partial charge in [-0.05, 0) is 18.4 Å². The van der Waals surface area contributed by atoms with Crippen LogP contribution in [0, 0.1) is 5.41 Å². The van der Waals surface area contributed by atoms with Crippen molar-refractivity contribution in [2.75, 3.05) is 6.54 Å². The second-order valence-corrected chi connectivity index (χ2v) is 6.13. The SMILES string of the molecule is CCNC(Cc1nccs1)CC(C)(C)C. The van der Waals surface area contributed by atoms with Crippen LogP contribution in [0.2, 0.25) is 0 Å². The Labute approximate surface area is 97.1 Å². The van der Waals surface area contributed by atoms with E-state index in [0.29, 0.717) is 11.5 Å². The van der Waals surface area contributed by atoms with Crippen LogP contribution in [0.1, 0.15) is 39.1 Å². The number of nitrogens with zero attached hydrogens (tertiary/aromatic N) is 1. The number of rotatable bonds is 5. The van der Waals surface area contributed by atoms with Gasteiger partial charge in [-0.3, -0.25) is 0 Å². The van der Waals surface area contributed by atoms with E-state index in [2.05, 4.69) is 43.4 Å². The van der Waals surface area contributed by atoms with E-state index in [-0.39, 0.29) is 0 Å². The molecule has 0 bridgehead atoms. The normalized spacial score (nSPS) is 14.1. The summed E-state index contributed by atoms with van der Waals surface area (Å²) in [7, 11) is 0. The van der Waals surface area contributed by atoms with Crippen molar-refractivity contribution in [1.82, 2.24) is 10.3 Å². The lowest BCUT2D eigenvalue weighted by Gasteiger charge is -2.26. The van der Waals surface area contributed by atoms with E-state index < -0.39 is 0 Å². The molecule has 2 nitrogen and oxygen atoms in total. The number of aromatic nitrogens is 1. The van der Waals surface area contributed by atoms with Gasteiger partial charge in [0, 0.05) is 24.0 Å². The zero-order valence-electron chi connectivity index (χ0n) is 10.2. The molecule has 1 N–H and O–H groups in total. The van der Waals surface area contributed by atoms with Crippen molar-refractivity contribution in [3.05, 3.63) is 16.6 Å². The van der Waals surface area contributed by atoms with Crippen molar-refractivity contribution >= 4 is 11.3 Å². The predicted molar refractivity (Wildman–Crippen MR) is 67.4 cm³/mol. The van der Waals surface area contributed by atoms with Crippen LogP contribution in [-0.2, 0) is 6.42 Å². The average Bonchev–Trinajstić information content (AvgIpc) is 2.54. The molecule has 86 valence electrons. The molecule has 1 aromatic rings. The number of likely N-dealkylation sites (N-methyl/N-ethyl adjacent to an activating group) is 1. The first-order valence-corrected chi connectivity index (χ1v) is 6.51. The fraction of sp³-hybridized carbons (Fsp3) is 0.750. The summed E-state index contributed by atoms with van der Waals surface area (Å²) in [6.07, 6.45) is 4.14. The second-order valence-electron chi connectivity index (χ2n) is 5.15. The molecule has 0 aliphatic rings. The Balaban J connectivity index is 2.51. The van der Waals surface area contributed by atoms with Gasteiger partial charge in [0.15, 0.2) is 0 Å². The summed E-state index contributed by atoms with van der Waals surface area (Å²) in [4.78, 5) is 4.35. The molecule has 0 fully saturated rings. The first-order chi connectivity index (χ1) is 7.01. The van der Waals surface area contributed by atoms with Crippen molar-refractivity contribution in [2.24, 2.45) is 5.41 Å². The first kappa shape index (κ1) is 12.7. The average molecular weight is 226 g/mol. The topological polar surface area (TPSA) is 24.9 Å². The van der Waals surface area contributed by atoms with E-state index in [9.17, 15) is 0 Å². The summed E-state index contributed by atoms with van der Waals surface area (Å²) in [5.74, 6) is 0. The lowest BCUT2D eigenvalue weighted by Crippen LogP contribution is -2.34. The van der Waals surface area contributed by atoms with Gasteiger partial charge >= 0.3 is 0 Å². The van der Waals surface area contributed by atoms with Gasteiger partial charge in [0.2, 0.25) is 0 Å². The molecule has 0 saturated heterocycles. The van der Waals surface area contributed by atoms with Crippen LogP contribution in [-0.4, -0.2) is 17.6 Å². The molecule has 1 rings (SSSR count). The van der Waals surface area contributed by atoms with Crippen molar-refractivity contribution in [2.45, 2.75) is 46.6 Å². The molecule has 0 aromatic carbocycles. The second kappa shape index (κ2) is 5.61. The maximum absolute atomic E-state index is 4.35. The highest BCUT2D eigenvalue weighted by Gasteiger charge is 2.18. The fourth-order valence-corrected chi connectivity index (χ4v) is 2.51. The summed E-state index contributed by atoms with van der Waals surface area (Å²) < 4.78 is 0. The highest BCUT2D eigenvalue weighted by Crippen LogP contribution is 2.23. The lowest BCUT2D eigenvalue weighted by atomic mass is 9.87. The van der Waals surface area contributed by atoms with Crippen LogP contribution < -0.4 is 5.32 Å². The molecule has 0 aliphatic heterocycles. The van der Waals surface area contributed by atoms with Crippen molar-refractivity contribution in [3.8, 4) is 0 Å². The standard InChI is InChI=1S/C12H22N2S/c1-5-13-10(9-12(2,3)4)8-11-14-6-7-15-11/h6-7,10,13H,5,8-9H2,1-4H3. The minimum atomic E-state index is 0.379. The minimum absolute atomic E-state index is 0.379. The third kappa shape index (κ3) is 5.28. The van der Waals surface area contributed by atoms with Gasteiger partial charge in [0.1, 0.15) is 0 Å². The van der Waals surface area contributed by atoms with Gasteiger partial charge in [-0.25, -0.2) is 4.98 Å². The van der Waals surface area contributed by atoms with E-state index in [0.717, 1.165) is 13.0 Å². The van der Waals surface area contributed by atoms with Crippen LogP contribution in [0.15, 0.2) is 11.6 Å². The van der Waals surface area contributed by atoms with Gasteiger partial charge in [-0.2, -0.15) is 0 Å². The van der Waals surface area contributed by atoms with Crippen LogP contribution in [0.4, 0.5) is 0 Å². The molecule has 3 heteroatoms. The molecule has 0 radical (unpaired) electrons. The van der Waals surface area contributed by atoms with Gasteiger partial charge in [-0.1, -0.05) is 27.7 Å². The molecule has 0 saturated carbocycles. The smallest absolute Gasteiger partial charge is 0.0940 e. The molecular weight excluding hydrogens is 204 g/mol. The van der Waals surface area contributed by atoms with Crippen molar-refractivity contribution < 1.29 is 0 Å². The quantitative estimate of drug-likeness (QED) is 0.834. The largest absolute Gasteiger partial charge is 0.314 e. The molecule has 0 spiro atoms. The van der Waals surface area contributed by atoms with E-state index in [1.807, 2.05) is 6.20 Å². The van der Waals surface area contributed by atoms with E-state index in [1.54, 1.807) is 11.3 Å². The van der Waals surface area contributed by atoms with E-state index >= 15 is 0 Å². The predicted octanol–water partition coefficient (Wildman–Crippen LogP) is 3.10. The third-order valence-corrected chi connectivity index (χ3v) is 3.06. The molecule has 0 aliphatic carbocycles. The molecule has 0 amide bonds. The lowest BCUT2D eigenvalue weighted by molar-refractivity contribution is 0.309. The Morgan fingerprint density at radius 2 is 2.20 bits per heavy atom. The number of hydrogen-bond donors (Lipinski definition) is 1. The summed E-state index contributed by atoms with van der Waals surface area (Å²) in [6.45, 7) is 10.1. The third-order valence-electron chi connectivity index (χ3n) is 2.26. The highest BCUT2D eigenvalue weighted by molar-refractivity contribution is 7.09. The van der Waals surface area contributed by atoms with Gasteiger partial charge in [0.05, 0.1) is 5.01 Å². The molecule has 1 atom stereocenters. The zero-order valence-corrected chi connectivity index (χ0v) is 11.0. The van der Waals surface area contributed by atoms with E-state index in [1.165, 1.54) is 11.4 Å². The first-order valence-electron chi connectivity index (χ1n) is 5.63.